The summed E-state index contributed by atoms with van der Waals surface area (Å²) in [5.74, 6) is -0.0173. The molecular formula is C29H39FN4O3. The zero-order valence-corrected chi connectivity index (χ0v) is 22.1. The van der Waals surface area contributed by atoms with Gasteiger partial charge in [-0.25, -0.2) is 4.39 Å². The summed E-state index contributed by atoms with van der Waals surface area (Å²) >= 11 is 0. The minimum atomic E-state index is -0.374. The third kappa shape index (κ3) is 7.36. The molecule has 1 aromatic carbocycles. The van der Waals surface area contributed by atoms with Gasteiger partial charge in [-0.1, -0.05) is 13.8 Å². The van der Waals surface area contributed by atoms with Gasteiger partial charge < -0.3 is 19.4 Å². The first-order chi connectivity index (χ1) is 17.9. The number of rotatable bonds is 4. The molecule has 1 fully saturated rings. The minimum Gasteiger partial charge on any atom is -0.381 e. The molecule has 1 saturated heterocycles. The van der Waals surface area contributed by atoms with Crippen LogP contribution in [0.4, 0.5) is 10.1 Å². The summed E-state index contributed by atoms with van der Waals surface area (Å²) in [6, 6.07) is 8.03. The molecule has 2 aromatic rings. The number of nitrogens with zero attached hydrogens (tertiary/aromatic N) is 4. The van der Waals surface area contributed by atoms with Crippen molar-refractivity contribution in [1.29, 1.82) is 0 Å². The van der Waals surface area contributed by atoms with Crippen LogP contribution in [0.1, 0.15) is 55.5 Å². The van der Waals surface area contributed by atoms with Crippen molar-refractivity contribution in [1.82, 2.24) is 14.8 Å². The molecule has 0 spiro atoms. The van der Waals surface area contributed by atoms with Gasteiger partial charge in [0.25, 0.3) is 5.91 Å². The first-order valence-electron chi connectivity index (χ1n) is 13.5. The number of pyridine rings is 1. The van der Waals surface area contributed by atoms with E-state index in [0.29, 0.717) is 61.9 Å². The zero-order chi connectivity index (χ0) is 26.2. The van der Waals surface area contributed by atoms with Gasteiger partial charge in [0.1, 0.15) is 5.82 Å². The van der Waals surface area contributed by atoms with E-state index in [9.17, 15) is 14.0 Å². The van der Waals surface area contributed by atoms with Gasteiger partial charge in [-0.05, 0) is 80.6 Å². The van der Waals surface area contributed by atoms with E-state index in [1.807, 2.05) is 4.90 Å². The second-order valence-electron chi connectivity index (χ2n) is 10.5. The maximum absolute atomic E-state index is 14.5. The number of benzene rings is 1. The van der Waals surface area contributed by atoms with Gasteiger partial charge in [-0.15, -0.1) is 0 Å². The van der Waals surface area contributed by atoms with Gasteiger partial charge in [0, 0.05) is 63.4 Å². The first-order valence-corrected chi connectivity index (χ1v) is 13.5. The maximum Gasteiger partial charge on any atom is 0.259 e. The van der Waals surface area contributed by atoms with Gasteiger partial charge in [-0.3, -0.25) is 14.6 Å². The SMILES string of the molecule is CC(C)CN1CCCN(C(=O)C2CCOCC2)Cc2cc(F)ccc2N(C(=O)c2cccnc2)CCC1. The average Bonchev–Trinajstić information content (AvgIpc) is 2.90. The highest BCUT2D eigenvalue weighted by Gasteiger charge is 2.29. The molecule has 2 aliphatic rings. The minimum absolute atomic E-state index is 0.0847. The van der Waals surface area contributed by atoms with Gasteiger partial charge in [-0.2, -0.15) is 0 Å². The van der Waals surface area contributed by atoms with E-state index < -0.39 is 0 Å². The van der Waals surface area contributed by atoms with Crippen LogP contribution in [0.25, 0.3) is 0 Å². The predicted octanol–water partition coefficient (Wildman–Crippen LogP) is 4.37. The van der Waals surface area contributed by atoms with E-state index in [1.54, 1.807) is 35.5 Å². The van der Waals surface area contributed by atoms with Crippen LogP contribution in [0, 0.1) is 17.7 Å². The van der Waals surface area contributed by atoms with Crippen LogP contribution < -0.4 is 4.90 Å². The van der Waals surface area contributed by atoms with Crippen LogP contribution in [0.3, 0.4) is 0 Å². The Morgan fingerprint density at radius 1 is 1.08 bits per heavy atom. The van der Waals surface area contributed by atoms with E-state index in [0.717, 1.165) is 32.5 Å². The van der Waals surface area contributed by atoms with Crippen LogP contribution >= 0.6 is 0 Å². The summed E-state index contributed by atoms with van der Waals surface area (Å²) in [6.45, 7) is 9.64. The van der Waals surface area contributed by atoms with Crippen molar-refractivity contribution in [2.75, 3.05) is 50.8 Å². The molecule has 37 heavy (non-hydrogen) atoms. The van der Waals surface area contributed by atoms with Gasteiger partial charge in [0.15, 0.2) is 0 Å². The summed E-state index contributed by atoms with van der Waals surface area (Å²) < 4.78 is 20.0. The molecular weight excluding hydrogens is 471 g/mol. The number of fused-ring (bicyclic) bond motifs is 1. The van der Waals surface area contributed by atoms with E-state index in [2.05, 4.69) is 23.7 Å². The Bertz CT molecular complexity index is 1040. The number of carbonyl (C=O) groups is 2. The Morgan fingerprint density at radius 3 is 2.54 bits per heavy atom. The molecule has 200 valence electrons. The molecule has 2 amide bonds. The van der Waals surface area contributed by atoms with Crippen molar-refractivity contribution >= 4 is 17.5 Å². The third-order valence-electron chi connectivity index (χ3n) is 7.11. The Labute approximate surface area is 219 Å². The third-order valence-corrected chi connectivity index (χ3v) is 7.11. The average molecular weight is 511 g/mol. The lowest BCUT2D eigenvalue weighted by Gasteiger charge is -2.34. The number of hydrogen-bond donors (Lipinski definition) is 0. The van der Waals surface area contributed by atoms with E-state index in [4.69, 9.17) is 4.74 Å². The summed E-state index contributed by atoms with van der Waals surface area (Å²) in [7, 11) is 0. The predicted molar refractivity (Wildman–Crippen MR) is 142 cm³/mol. The van der Waals surface area contributed by atoms with E-state index >= 15 is 0 Å². The molecule has 0 unspecified atom stereocenters. The first kappa shape index (κ1) is 27.2. The number of halogens is 1. The summed E-state index contributed by atoms with van der Waals surface area (Å²) in [5, 5.41) is 0. The Morgan fingerprint density at radius 2 is 1.84 bits per heavy atom. The van der Waals surface area contributed by atoms with Crippen molar-refractivity contribution in [2.45, 2.75) is 46.1 Å². The number of amides is 2. The molecule has 0 aliphatic carbocycles. The highest BCUT2D eigenvalue weighted by molar-refractivity contribution is 6.06. The lowest BCUT2D eigenvalue weighted by molar-refractivity contribution is -0.139. The highest BCUT2D eigenvalue weighted by atomic mass is 19.1. The Kier molecular flexibility index (Phi) is 9.63. The lowest BCUT2D eigenvalue weighted by atomic mass is 9.98. The molecule has 0 N–H and O–H groups in total. The Balaban J connectivity index is 1.69. The lowest BCUT2D eigenvalue weighted by Crippen LogP contribution is -2.42. The van der Waals surface area contributed by atoms with Crippen molar-refractivity contribution < 1.29 is 18.7 Å². The molecule has 0 atom stereocenters. The van der Waals surface area contributed by atoms with Crippen molar-refractivity contribution in [3.63, 3.8) is 0 Å². The monoisotopic (exact) mass is 510 g/mol. The fourth-order valence-electron chi connectivity index (χ4n) is 5.34. The smallest absolute Gasteiger partial charge is 0.259 e. The van der Waals surface area contributed by atoms with Crippen molar-refractivity contribution in [2.24, 2.45) is 11.8 Å². The molecule has 0 bridgehead atoms. The van der Waals surface area contributed by atoms with Crippen LogP contribution in [-0.4, -0.2) is 72.5 Å². The number of hydrogen-bond acceptors (Lipinski definition) is 5. The summed E-state index contributed by atoms with van der Waals surface area (Å²) in [6.07, 6.45) is 6.26. The fraction of sp³-hybridized carbons (Fsp3) is 0.552. The summed E-state index contributed by atoms with van der Waals surface area (Å²) in [5.41, 5.74) is 1.78. The standard InChI is InChI=1S/C29H39FN4O3/c1-22(2)20-32-12-4-14-33(28(35)23-9-16-37-17-10-23)21-25-18-26(30)7-8-27(25)34(15-5-13-32)29(36)24-6-3-11-31-19-24/h3,6-8,11,18-19,22-23H,4-5,9-10,12-17,20-21H2,1-2H3. The maximum atomic E-state index is 14.5. The molecule has 3 heterocycles. The molecule has 2 aliphatic heterocycles. The topological polar surface area (TPSA) is 66.0 Å². The molecule has 0 saturated carbocycles. The quantitative estimate of drug-likeness (QED) is 0.611. The fourth-order valence-corrected chi connectivity index (χ4v) is 5.34. The van der Waals surface area contributed by atoms with Crippen molar-refractivity contribution in [3.05, 3.63) is 59.7 Å². The molecule has 4 rings (SSSR count). The summed E-state index contributed by atoms with van der Waals surface area (Å²) in [4.78, 5) is 37.5. The normalized spacial score (nSPS) is 18.7. The van der Waals surface area contributed by atoms with E-state index in [-0.39, 0.29) is 30.1 Å². The number of aromatic nitrogens is 1. The zero-order valence-electron chi connectivity index (χ0n) is 22.1. The van der Waals surface area contributed by atoms with Crippen LogP contribution in [0.15, 0.2) is 42.7 Å². The number of ether oxygens (including phenoxy) is 1. The number of anilines is 1. The number of carbonyl (C=O) groups excluding carboxylic acids is 2. The second kappa shape index (κ2) is 13.1. The van der Waals surface area contributed by atoms with Gasteiger partial charge in [0.05, 0.1) is 5.56 Å². The molecule has 0 radical (unpaired) electrons. The molecule has 1 aromatic heterocycles. The molecule has 7 nitrogen and oxygen atoms in total. The molecule has 8 heteroatoms. The van der Waals surface area contributed by atoms with Gasteiger partial charge >= 0.3 is 0 Å². The van der Waals surface area contributed by atoms with E-state index in [1.165, 1.54) is 12.1 Å². The largest absolute Gasteiger partial charge is 0.381 e. The van der Waals surface area contributed by atoms with Gasteiger partial charge in [0.2, 0.25) is 5.91 Å². The van der Waals surface area contributed by atoms with Crippen LogP contribution in [-0.2, 0) is 16.1 Å². The van der Waals surface area contributed by atoms with Crippen LogP contribution in [0.5, 0.6) is 0 Å². The second-order valence-corrected chi connectivity index (χ2v) is 10.5. The Hall–Kier alpha value is -2.84. The van der Waals surface area contributed by atoms with Crippen LogP contribution in [0.2, 0.25) is 0 Å². The van der Waals surface area contributed by atoms with Crippen molar-refractivity contribution in [3.8, 4) is 0 Å². The highest BCUT2D eigenvalue weighted by Crippen LogP contribution is 2.28.